The third kappa shape index (κ3) is 3.90. The first-order chi connectivity index (χ1) is 12.6. The van der Waals surface area contributed by atoms with Crippen LogP contribution in [0, 0.1) is 11.3 Å². The highest BCUT2D eigenvalue weighted by Gasteiger charge is 2.48. The first-order valence-electron chi connectivity index (χ1n) is 9.47. The molecule has 0 unspecified atom stereocenters. The van der Waals surface area contributed by atoms with Gasteiger partial charge in [-0.25, -0.2) is 4.98 Å². The highest BCUT2D eigenvalue weighted by molar-refractivity contribution is 5.83. The summed E-state index contributed by atoms with van der Waals surface area (Å²) in [6, 6.07) is 3.99. The predicted molar refractivity (Wildman–Crippen MR) is 97.1 cm³/mol. The fourth-order valence-electron chi connectivity index (χ4n) is 4.29. The summed E-state index contributed by atoms with van der Waals surface area (Å²) in [6.07, 6.45) is -2.09. The Balaban J connectivity index is 1.68. The van der Waals surface area contributed by atoms with E-state index in [1.807, 2.05) is 4.90 Å². The molecule has 1 aliphatic heterocycles. The lowest BCUT2D eigenvalue weighted by atomic mass is 9.74. The molecule has 0 radical (unpaired) electrons. The maximum Gasteiger partial charge on any atom is 0.433 e. The molecule has 5 nitrogen and oxygen atoms in total. The lowest BCUT2D eigenvalue weighted by molar-refractivity contribution is -0.145. The molecule has 150 valence electrons. The van der Waals surface area contributed by atoms with E-state index in [2.05, 4.69) is 18.8 Å². The molecule has 2 N–H and O–H groups in total. The summed E-state index contributed by atoms with van der Waals surface area (Å²) in [5, 5.41) is 0. The molecule has 8 heteroatoms. The van der Waals surface area contributed by atoms with Gasteiger partial charge < -0.3 is 15.5 Å². The highest BCUT2D eigenvalue weighted by atomic mass is 19.4. The number of alkyl halides is 3. The Morgan fingerprint density at radius 1 is 1.26 bits per heavy atom. The highest BCUT2D eigenvalue weighted by Crippen LogP contribution is 2.45. The van der Waals surface area contributed by atoms with Crippen molar-refractivity contribution in [3.8, 4) is 0 Å². The lowest BCUT2D eigenvalue weighted by Crippen LogP contribution is -2.54. The van der Waals surface area contributed by atoms with Crippen molar-refractivity contribution < 1.29 is 18.0 Å². The summed E-state index contributed by atoms with van der Waals surface area (Å²) in [5.74, 6) is 0.655. The Morgan fingerprint density at radius 3 is 2.44 bits per heavy atom. The standard InChI is InChI=1S/C19H27F3N4O/c1-13(2)18(7-6-14(23)12-18)17(27)26-10-8-25(9-11-26)16-5-3-4-15(24-16)19(20,21)22/h3-5,13-14H,6-12,23H2,1-2H3/t14-,18+/m1/s1. The van der Waals surface area contributed by atoms with Gasteiger partial charge in [0, 0.05) is 32.2 Å². The monoisotopic (exact) mass is 384 g/mol. The first-order valence-corrected chi connectivity index (χ1v) is 9.47. The van der Waals surface area contributed by atoms with E-state index in [-0.39, 0.29) is 17.9 Å². The number of nitrogens with two attached hydrogens (primary N) is 1. The Labute approximate surface area is 157 Å². The fraction of sp³-hybridized carbons (Fsp3) is 0.684. The van der Waals surface area contributed by atoms with Crippen molar-refractivity contribution in [1.29, 1.82) is 0 Å². The van der Waals surface area contributed by atoms with Crippen LogP contribution >= 0.6 is 0 Å². The third-order valence-corrected chi connectivity index (χ3v) is 6.03. The number of carbonyl (C=O) groups excluding carboxylic acids is 1. The van der Waals surface area contributed by atoms with Crippen molar-refractivity contribution in [2.45, 2.75) is 45.3 Å². The van der Waals surface area contributed by atoms with Crippen molar-refractivity contribution >= 4 is 11.7 Å². The zero-order valence-corrected chi connectivity index (χ0v) is 15.8. The second kappa shape index (κ2) is 7.30. The normalized spacial score (nSPS) is 26.7. The Bertz CT molecular complexity index is 686. The summed E-state index contributed by atoms with van der Waals surface area (Å²) in [6.45, 7) is 6.05. The van der Waals surface area contributed by atoms with Gasteiger partial charge in [0.05, 0.1) is 5.41 Å². The number of amides is 1. The van der Waals surface area contributed by atoms with Crippen LogP contribution in [0.25, 0.3) is 0 Å². The molecule has 2 heterocycles. The molecule has 1 saturated carbocycles. The van der Waals surface area contributed by atoms with Gasteiger partial charge in [-0.05, 0) is 37.3 Å². The molecule has 0 aromatic carbocycles. The second-order valence-electron chi connectivity index (χ2n) is 7.97. The van der Waals surface area contributed by atoms with Gasteiger partial charge in [-0.3, -0.25) is 4.79 Å². The van der Waals surface area contributed by atoms with Crippen LogP contribution in [0.15, 0.2) is 18.2 Å². The van der Waals surface area contributed by atoms with E-state index >= 15 is 0 Å². The third-order valence-electron chi connectivity index (χ3n) is 6.03. The van der Waals surface area contributed by atoms with Crippen LogP contribution in [0.3, 0.4) is 0 Å². The minimum absolute atomic E-state index is 0.0620. The van der Waals surface area contributed by atoms with Gasteiger partial charge in [-0.15, -0.1) is 0 Å². The number of piperazine rings is 1. The average molecular weight is 384 g/mol. The Hall–Kier alpha value is -1.83. The van der Waals surface area contributed by atoms with Crippen molar-refractivity contribution in [2.24, 2.45) is 17.1 Å². The lowest BCUT2D eigenvalue weighted by Gasteiger charge is -2.42. The quantitative estimate of drug-likeness (QED) is 0.871. The van der Waals surface area contributed by atoms with Crippen LogP contribution in [0.2, 0.25) is 0 Å². The summed E-state index contributed by atoms with van der Waals surface area (Å²) in [4.78, 5) is 20.6. The molecule has 1 aromatic rings. The number of hydrogen-bond acceptors (Lipinski definition) is 4. The van der Waals surface area contributed by atoms with Gasteiger partial charge >= 0.3 is 6.18 Å². The van der Waals surface area contributed by atoms with Gasteiger partial charge in [0.25, 0.3) is 0 Å². The van der Waals surface area contributed by atoms with Crippen LogP contribution in [-0.4, -0.2) is 48.0 Å². The molecule has 2 atom stereocenters. The molecule has 1 saturated heterocycles. The Kier molecular flexibility index (Phi) is 5.38. The number of carbonyl (C=O) groups is 1. The summed E-state index contributed by atoms with van der Waals surface area (Å²) in [7, 11) is 0. The van der Waals surface area contributed by atoms with Crippen LogP contribution in [0.5, 0.6) is 0 Å². The molecule has 1 aromatic heterocycles. The molecule has 1 aliphatic carbocycles. The summed E-state index contributed by atoms with van der Waals surface area (Å²) >= 11 is 0. The number of aromatic nitrogens is 1. The summed E-state index contributed by atoms with van der Waals surface area (Å²) < 4.78 is 38.6. The zero-order chi connectivity index (χ0) is 19.8. The predicted octanol–water partition coefficient (Wildman–Crippen LogP) is 2.90. The number of halogens is 3. The van der Waals surface area contributed by atoms with Gasteiger partial charge in [-0.1, -0.05) is 19.9 Å². The summed E-state index contributed by atoms with van der Waals surface area (Å²) in [5.41, 5.74) is 4.79. The molecular formula is C19H27F3N4O. The molecule has 27 heavy (non-hydrogen) atoms. The van der Waals surface area contributed by atoms with Gasteiger partial charge in [-0.2, -0.15) is 13.2 Å². The Morgan fingerprint density at radius 2 is 1.93 bits per heavy atom. The second-order valence-corrected chi connectivity index (χ2v) is 7.97. The zero-order valence-electron chi connectivity index (χ0n) is 15.8. The largest absolute Gasteiger partial charge is 0.433 e. The number of nitrogens with zero attached hydrogens (tertiary/aromatic N) is 3. The SMILES string of the molecule is CC(C)[C@]1(C(=O)N2CCN(c3cccc(C(F)(F)F)n3)CC2)CC[C@@H](N)C1. The molecule has 2 fully saturated rings. The van der Waals surface area contributed by atoms with Crippen molar-refractivity contribution in [3.05, 3.63) is 23.9 Å². The van der Waals surface area contributed by atoms with Crippen LogP contribution in [0.1, 0.15) is 38.8 Å². The molecular weight excluding hydrogens is 357 g/mol. The number of anilines is 1. The smallest absolute Gasteiger partial charge is 0.353 e. The van der Waals surface area contributed by atoms with Crippen LogP contribution in [-0.2, 0) is 11.0 Å². The van der Waals surface area contributed by atoms with Crippen molar-refractivity contribution in [3.63, 3.8) is 0 Å². The number of hydrogen-bond donors (Lipinski definition) is 1. The van der Waals surface area contributed by atoms with E-state index < -0.39 is 17.3 Å². The maximum atomic E-state index is 13.2. The van der Waals surface area contributed by atoms with Crippen LogP contribution in [0.4, 0.5) is 19.0 Å². The van der Waals surface area contributed by atoms with E-state index in [9.17, 15) is 18.0 Å². The van der Waals surface area contributed by atoms with Gasteiger partial charge in [0.2, 0.25) is 5.91 Å². The molecule has 0 bridgehead atoms. The van der Waals surface area contributed by atoms with Gasteiger partial charge in [0.15, 0.2) is 0 Å². The average Bonchev–Trinajstić information content (AvgIpc) is 3.04. The molecule has 0 spiro atoms. The number of pyridine rings is 1. The van der Waals surface area contributed by atoms with Crippen molar-refractivity contribution in [1.82, 2.24) is 9.88 Å². The molecule has 2 aliphatic rings. The first kappa shape index (κ1) is 19.9. The van der Waals surface area contributed by atoms with Gasteiger partial charge in [0.1, 0.15) is 11.5 Å². The minimum Gasteiger partial charge on any atom is -0.353 e. The molecule has 1 amide bonds. The van der Waals surface area contributed by atoms with Crippen molar-refractivity contribution in [2.75, 3.05) is 31.1 Å². The van der Waals surface area contributed by atoms with E-state index in [0.29, 0.717) is 38.4 Å². The van der Waals surface area contributed by atoms with E-state index in [4.69, 9.17) is 5.73 Å². The minimum atomic E-state index is -4.46. The van der Waals surface area contributed by atoms with E-state index in [1.54, 1.807) is 11.0 Å². The van der Waals surface area contributed by atoms with Crippen LogP contribution < -0.4 is 10.6 Å². The fourth-order valence-corrected chi connectivity index (χ4v) is 4.29. The molecule has 3 rings (SSSR count). The topological polar surface area (TPSA) is 62.5 Å². The van der Waals surface area contributed by atoms with E-state index in [1.165, 1.54) is 6.07 Å². The number of rotatable bonds is 3. The van der Waals surface area contributed by atoms with E-state index in [0.717, 1.165) is 18.9 Å². The maximum absolute atomic E-state index is 13.2.